The molecule has 12 heteroatoms. The third kappa shape index (κ3) is 3.82. The molecule has 0 radical (unpaired) electrons. The fourth-order valence-corrected chi connectivity index (χ4v) is 3.73. The lowest BCUT2D eigenvalue weighted by Crippen LogP contribution is -2.25. The molecule has 158 valence electrons. The molecule has 1 amide bonds. The molecule has 0 fully saturated rings. The van der Waals surface area contributed by atoms with Crippen LogP contribution in [-0.4, -0.2) is 21.6 Å². The molecule has 0 aliphatic carbocycles. The third-order valence-electron chi connectivity index (χ3n) is 4.14. The van der Waals surface area contributed by atoms with Crippen LogP contribution in [0, 0.1) is 17.5 Å². The van der Waals surface area contributed by atoms with Crippen molar-refractivity contribution in [2.45, 2.75) is 19.1 Å². The first kappa shape index (κ1) is 21.6. The van der Waals surface area contributed by atoms with Gasteiger partial charge in [0, 0.05) is 11.6 Å². The molecule has 1 N–H and O–H groups in total. The molecule has 1 heterocycles. The van der Waals surface area contributed by atoms with Gasteiger partial charge in [0.2, 0.25) is 0 Å². The van der Waals surface area contributed by atoms with Crippen LogP contribution < -0.4 is 4.80 Å². The highest BCUT2D eigenvalue weighted by molar-refractivity contribution is 7.16. The first-order chi connectivity index (χ1) is 13.9. The summed E-state index contributed by atoms with van der Waals surface area (Å²) in [5.41, 5.74) is -1.95. The van der Waals surface area contributed by atoms with Crippen LogP contribution in [0.4, 0.5) is 26.3 Å². The zero-order valence-corrected chi connectivity index (χ0v) is 15.6. The maximum Gasteiger partial charge on any atom is 0.416 e. The summed E-state index contributed by atoms with van der Waals surface area (Å²) in [6.45, 7) is 1.13. The number of halogens is 6. The van der Waals surface area contributed by atoms with Gasteiger partial charge in [-0.05, 0) is 25.1 Å². The van der Waals surface area contributed by atoms with E-state index in [-0.39, 0.29) is 5.52 Å². The summed E-state index contributed by atoms with van der Waals surface area (Å²) in [7, 11) is 0. The molecule has 3 rings (SSSR count). The lowest BCUT2D eigenvalue weighted by Gasteiger charge is -2.10. The Morgan fingerprint density at radius 1 is 1.13 bits per heavy atom. The van der Waals surface area contributed by atoms with E-state index in [1.165, 1.54) is 0 Å². The van der Waals surface area contributed by atoms with E-state index in [1.807, 2.05) is 0 Å². The van der Waals surface area contributed by atoms with Gasteiger partial charge in [-0.2, -0.15) is 18.2 Å². The predicted octanol–water partition coefficient (Wildman–Crippen LogP) is 4.53. The van der Waals surface area contributed by atoms with Crippen LogP contribution in [0.1, 0.15) is 28.9 Å². The van der Waals surface area contributed by atoms with Gasteiger partial charge in [-0.15, -0.1) is 0 Å². The van der Waals surface area contributed by atoms with Gasteiger partial charge < -0.3 is 9.67 Å². The normalized spacial score (nSPS) is 13.6. The van der Waals surface area contributed by atoms with Crippen LogP contribution >= 0.6 is 11.3 Å². The lowest BCUT2D eigenvalue weighted by atomic mass is 10.1. The number of aromatic nitrogens is 1. The highest BCUT2D eigenvalue weighted by atomic mass is 32.1. The second kappa shape index (κ2) is 7.59. The number of alkyl halides is 3. The van der Waals surface area contributed by atoms with Crippen LogP contribution in [0.2, 0.25) is 0 Å². The monoisotopic (exact) mass is 448 g/mol. The van der Waals surface area contributed by atoms with Gasteiger partial charge in [-0.25, -0.2) is 18.0 Å². The van der Waals surface area contributed by atoms with Gasteiger partial charge in [0.15, 0.2) is 22.3 Å². The Morgan fingerprint density at radius 2 is 1.80 bits per heavy atom. The zero-order valence-electron chi connectivity index (χ0n) is 14.8. The molecule has 1 aromatic heterocycles. The van der Waals surface area contributed by atoms with Crippen molar-refractivity contribution in [1.29, 1.82) is 0 Å². The number of carboxylic acid groups (broad SMARTS) is 1. The number of thiazole rings is 1. The van der Waals surface area contributed by atoms with E-state index in [4.69, 9.17) is 0 Å². The van der Waals surface area contributed by atoms with E-state index in [1.54, 1.807) is 0 Å². The van der Waals surface area contributed by atoms with Gasteiger partial charge in [0.25, 0.3) is 5.91 Å². The Bertz CT molecular complexity index is 1250. The quantitative estimate of drug-likeness (QED) is 0.473. The standard InChI is InChI=1S/C18H10F6N2O3S/c1-7(16(28)29)26-11-6-10(19)12(20)13(21)14(11)30-17(26)25-15(27)8-3-2-4-9(5-8)18(22,23)24/h2-7H,1H3,(H,28,29). The first-order valence-corrected chi connectivity index (χ1v) is 8.91. The molecule has 1 atom stereocenters. The number of hydrogen-bond donors (Lipinski definition) is 1. The maximum absolute atomic E-state index is 14.1. The fraction of sp³-hybridized carbons (Fsp3) is 0.167. The molecule has 3 aromatic rings. The number of carbonyl (C=O) groups is 2. The Labute approximate surface area is 167 Å². The molecule has 1 unspecified atom stereocenters. The average molecular weight is 448 g/mol. The van der Waals surface area contributed by atoms with E-state index in [0.717, 1.165) is 29.7 Å². The number of carboxylic acids is 1. The van der Waals surface area contributed by atoms with Gasteiger partial charge in [0.05, 0.1) is 15.8 Å². The molecular formula is C18H10F6N2O3S. The van der Waals surface area contributed by atoms with Crippen molar-refractivity contribution in [3.63, 3.8) is 0 Å². The maximum atomic E-state index is 14.1. The van der Waals surface area contributed by atoms with Gasteiger partial charge in [-0.1, -0.05) is 17.4 Å². The number of rotatable bonds is 3. The van der Waals surface area contributed by atoms with Crippen molar-refractivity contribution in [1.82, 2.24) is 4.57 Å². The smallest absolute Gasteiger partial charge is 0.416 e. The molecule has 0 saturated carbocycles. The zero-order chi connectivity index (χ0) is 22.4. The van der Waals surface area contributed by atoms with Gasteiger partial charge in [0.1, 0.15) is 6.04 Å². The molecule has 0 saturated heterocycles. The Morgan fingerprint density at radius 3 is 2.40 bits per heavy atom. The Kier molecular flexibility index (Phi) is 5.46. The van der Waals surface area contributed by atoms with Crippen molar-refractivity contribution in [2.75, 3.05) is 0 Å². The molecular weight excluding hydrogens is 438 g/mol. The van der Waals surface area contributed by atoms with Crippen molar-refractivity contribution in [3.05, 3.63) is 63.7 Å². The molecule has 30 heavy (non-hydrogen) atoms. The van der Waals surface area contributed by atoms with Gasteiger partial charge in [-0.3, -0.25) is 4.79 Å². The SMILES string of the molecule is CC(C(=O)O)n1c(=NC(=O)c2cccc(C(F)(F)F)c2)sc2c(F)c(F)c(F)cc21. The summed E-state index contributed by atoms with van der Waals surface area (Å²) in [5.74, 6) is -7.61. The van der Waals surface area contributed by atoms with E-state index < -0.39 is 62.2 Å². The average Bonchev–Trinajstić information content (AvgIpc) is 3.02. The summed E-state index contributed by atoms with van der Waals surface area (Å²) in [6, 6.07) is 2.40. The molecule has 0 bridgehead atoms. The predicted molar refractivity (Wildman–Crippen MR) is 93.4 cm³/mol. The molecule has 2 aromatic carbocycles. The van der Waals surface area contributed by atoms with Crippen LogP contribution in [-0.2, 0) is 11.0 Å². The lowest BCUT2D eigenvalue weighted by molar-refractivity contribution is -0.140. The summed E-state index contributed by atoms with van der Waals surface area (Å²) in [5, 5.41) is 9.28. The number of carbonyl (C=O) groups excluding carboxylic acids is 1. The minimum atomic E-state index is -4.72. The van der Waals surface area contributed by atoms with Crippen molar-refractivity contribution in [2.24, 2.45) is 4.99 Å². The van der Waals surface area contributed by atoms with Crippen LogP contribution in [0.25, 0.3) is 10.2 Å². The highest BCUT2D eigenvalue weighted by Crippen LogP contribution is 2.30. The number of fused-ring (bicyclic) bond motifs is 1. The second-order valence-electron chi connectivity index (χ2n) is 6.10. The van der Waals surface area contributed by atoms with Crippen molar-refractivity contribution < 1.29 is 41.0 Å². The fourth-order valence-electron chi connectivity index (χ4n) is 2.63. The first-order valence-electron chi connectivity index (χ1n) is 8.09. The summed E-state index contributed by atoms with van der Waals surface area (Å²) >= 11 is 0.360. The van der Waals surface area contributed by atoms with Crippen LogP contribution in [0.5, 0.6) is 0 Å². The van der Waals surface area contributed by atoms with Crippen molar-refractivity contribution in [3.8, 4) is 0 Å². The van der Waals surface area contributed by atoms with Gasteiger partial charge >= 0.3 is 12.1 Å². The number of hydrogen-bond acceptors (Lipinski definition) is 3. The van der Waals surface area contributed by atoms with E-state index in [0.29, 0.717) is 23.5 Å². The number of nitrogens with zero attached hydrogens (tertiary/aromatic N) is 2. The second-order valence-corrected chi connectivity index (χ2v) is 7.08. The molecule has 0 aliphatic rings. The minimum Gasteiger partial charge on any atom is -0.480 e. The molecule has 0 aliphatic heterocycles. The third-order valence-corrected chi connectivity index (χ3v) is 5.20. The largest absolute Gasteiger partial charge is 0.480 e. The van der Waals surface area contributed by atoms with E-state index in [9.17, 15) is 41.0 Å². The van der Waals surface area contributed by atoms with Crippen LogP contribution in [0.3, 0.4) is 0 Å². The van der Waals surface area contributed by atoms with Crippen LogP contribution in [0.15, 0.2) is 35.3 Å². The highest BCUT2D eigenvalue weighted by Gasteiger charge is 2.31. The Balaban J connectivity index is 2.26. The molecule has 0 spiro atoms. The van der Waals surface area contributed by atoms with E-state index in [2.05, 4.69) is 4.99 Å². The topological polar surface area (TPSA) is 71.7 Å². The summed E-state index contributed by atoms with van der Waals surface area (Å²) in [4.78, 5) is 27.0. The Hall–Kier alpha value is -3.15. The summed E-state index contributed by atoms with van der Waals surface area (Å²) in [6.07, 6.45) is -4.72. The number of amides is 1. The number of benzene rings is 2. The van der Waals surface area contributed by atoms with Crippen molar-refractivity contribution >= 4 is 33.4 Å². The number of aliphatic carboxylic acids is 1. The van der Waals surface area contributed by atoms with E-state index >= 15 is 0 Å². The minimum absolute atomic E-state index is 0.360. The summed E-state index contributed by atoms with van der Waals surface area (Å²) < 4.78 is 80.2. The molecule has 5 nitrogen and oxygen atoms in total.